The van der Waals surface area contributed by atoms with Gasteiger partial charge in [-0.3, -0.25) is 0 Å². The summed E-state index contributed by atoms with van der Waals surface area (Å²) in [7, 11) is 3.70. The number of aromatic hydroxyl groups is 2. The van der Waals surface area contributed by atoms with Gasteiger partial charge in [0.25, 0.3) is 0 Å². The molecule has 2 atom stereocenters. The predicted molar refractivity (Wildman–Crippen MR) is 88.4 cm³/mol. The molecule has 2 aromatic carbocycles. The Morgan fingerprint density at radius 3 is 2.23 bits per heavy atom. The van der Waals surface area contributed by atoms with Crippen LogP contribution in [0.5, 0.6) is 11.5 Å². The number of anilines is 1. The topological polar surface area (TPSA) is 63.9 Å². The maximum atomic E-state index is 10.6. The summed E-state index contributed by atoms with van der Waals surface area (Å²) in [5.74, 6) is 0.461. The minimum Gasteiger partial charge on any atom is -0.508 e. The Balaban J connectivity index is 2.14. The van der Waals surface area contributed by atoms with E-state index < -0.39 is 6.10 Å². The van der Waals surface area contributed by atoms with Crippen molar-refractivity contribution < 1.29 is 15.3 Å². The highest BCUT2D eigenvalue weighted by Gasteiger charge is 2.18. The molecular weight excluding hydrogens is 278 g/mol. The third-order valence-corrected chi connectivity index (χ3v) is 3.86. The second-order valence-corrected chi connectivity index (χ2v) is 5.94. The molecule has 2 aromatic rings. The lowest BCUT2D eigenvalue weighted by molar-refractivity contribution is 0.117. The SMILES string of the molecule is CC(Cc1ccc(O)cc1)C(O)c1ccc(O)c(N(C)C)c1. The van der Waals surface area contributed by atoms with E-state index in [0.29, 0.717) is 12.1 Å². The van der Waals surface area contributed by atoms with Crippen LogP contribution < -0.4 is 4.90 Å². The zero-order valence-electron chi connectivity index (χ0n) is 13.2. The van der Waals surface area contributed by atoms with Crippen molar-refractivity contribution in [2.24, 2.45) is 5.92 Å². The monoisotopic (exact) mass is 301 g/mol. The van der Waals surface area contributed by atoms with E-state index in [1.807, 2.05) is 44.1 Å². The first kappa shape index (κ1) is 16.2. The van der Waals surface area contributed by atoms with Gasteiger partial charge in [-0.2, -0.15) is 0 Å². The predicted octanol–water partition coefficient (Wildman–Crippen LogP) is 3.08. The van der Waals surface area contributed by atoms with Gasteiger partial charge in [0.05, 0.1) is 11.8 Å². The average molecular weight is 301 g/mol. The standard InChI is InChI=1S/C18H23NO3/c1-12(10-13-4-7-15(20)8-5-13)18(22)14-6-9-17(21)16(11-14)19(2)3/h4-9,11-12,18,20-22H,10H2,1-3H3. The van der Waals surface area contributed by atoms with E-state index in [1.165, 1.54) is 0 Å². The van der Waals surface area contributed by atoms with Gasteiger partial charge in [-0.25, -0.2) is 0 Å². The number of phenols is 2. The van der Waals surface area contributed by atoms with Crippen molar-refractivity contribution >= 4 is 5.69 Å². The van der Waals surface area contributed by atoms with E-state index in [2.05, 4.69) is 0 Å². The van der Waals surface area contributed by atoms with Crippen LogP contribution in [-0.4, -0.2) is 29.4 Å². The summed E-state index contributed by atoms with van der Waals surface area (Å²) in [4.78, 5) is 1.82. The smallest absolute Gasteiger partial charge is 0.138 e. The van der Waals surface area contributed by atoms with Crippen LogP contribution in [0.1, 0.15) is 24.2 Å². The molecule has 0 saturated heterocycles. The molecule has 0 aromatic heterocycles. The first-order valence-electron chi connectivity index (χ1n) is 7.34. The van der Waals surface area contributed by atoms with Crippen LogP contribution in [0.15, 0.2) is 42.5 Å². The zero-order valence-corrected chi connectivity index (χ0v) is 13.2. The second kappa shape index (κ2) is 6.71. The summed E-state index contributed by atoms with van der Waals surface area (Å²) >= 11 is 0. The maximum Gasteiger partial charge on any atom is 0.138 e. The second-order valence-electron chi connectivity index (χ2n) is 5.94. The Morgan fingerprint density at radius 2 is 1.64 bits per heavy atom. The summed E-state index contributed by atoms with van der Waals surface area (Å²) in [5, 5.41) is 29.7. The molecule has 3 N–H and O–H groups in total. The maximum absolute atomic E-state index is 10.6. The van der Waals surface area contributed by atoms with Crippen LogP contribution in [0.3, 0.4) is 0 Å². The molecule has 0 bridgehead atoms. The fraction of sp³-hybridized carbons (Fsp3) is 0.333. The van der Waals surface area contributed by atoms with Crippen molar-refractivity contribution in [1.82, 2.24) is 0 Å². The number of rotatable bonds is 5. The van der Waals surface area contributed by atoms with Gasteiger partial charge in [0.2, 0.25) is 0 Å². The van der Waals surface area contributed by atoms with Crippen molar-refractivity contribution in [3.8, 4) is 11.5 Å². The van der Waals surface area contributed by atoms with Crippen molar-refractivity contribution in [3.63, 3.8) is 0 Å². The number of benzene rings is 2. The summed E-state index contributed by atoms with van der Waals surface area (Å²) in [6.07, 6.45) is 0.0905. The Bertz CT molecular complexity index is 623. The lowest BCUT2D eigenvalue weighted by Crippen LogP contribution is -2.14. The minimum atomic E-state index is -0.617. The molecule has 0 fully saturated rings. The Kier molecular flexibility index (Phi) is 4.93. The lowest BCUT2D eigenvalue weighted by Gasteiger charge is -2.22. The summed E-state index contributed by atoms with van der Waals surface area (Å²) in [6.45, 7) is 1.99. The highest BCUT2D eigenvalue weighted by molar-refractivity contribution is 5.58. The van der Waals surface area contributed by atoms with Crippen LogP contribution >= 0.6 is 0 Å². The Labute approximate surface area is 131 Å². The number of hydrogen-bond acceptors (Lipinski definition) is 4. The number of phenolic OH excluding ortho intramolecular Hbond substituents is 2. The molecule has 0 amide bonds. The van der Waals surface area contributed by atoms with Gasteiger partial charge in [0.15, 0.2) is 0 Å². The number of nitrogens with zero attached hydrogens (tertiary/aromatic N) is 1. The highest BCUT2D eigenvalue weighted by atomic mass is 16.3. The molecule has 0 aliphatic carbocycles. The molecule has 0 spiro atoms. The molecule has 0 aliphatic heterocycles. The molecule has 118 valence electrons. The molecule has 0 radical (unpaired) electrons. The van der Waals surface area contributed by atoms with Crippen LogP contribution in [-0.2, 0) is 6.42 Å². The first-order chi connectivity index (χ1) is 10.4. The van der Waals surface area contributed by atoms with Gasteiger partial charge < -0.3 is 20.2 Å². The normalized spacial score (nSPS) is 13.6. The molecule has 0 saturated carbocycles. The molecule has 0 heterocycles. The third kappa shape index (κ3) is 3.71. The van der Waals surface area contributed by atoms with E-state index in [0.717, 1.165) is 11.1 Å². The van der Waals surface area contributed by atoms with Crippen LogP contribution in [0.4, 0.5) is 5.69 Å². The average Bonchev–Trinajstić information content (AvgIpc) is 2.49. The summed E-state index contributed by atoms with van der Waals surface area (Å²) in [6, 6.07) is 12.2. The zero-order chi connectivity index (χ0) is 16.3. The van der Waals surface area contributed by atoms with Gasteiger partial charge in [-0.15, -0.1) is 0 Å². The van der Waals surface area contributed by atoms with E-state index in [9.17, 15) is 15.3 Å². The molecule has 0 aliphatic rings. The van der Waals surface area contributed by atoms with Gasteiger partial charge in [-0.1, -0.05) is 25.1 Å². The Morgan fingerprint density at radius 1 is 1.00 bits per heavy atom. The van der Waals surface area contributed by atoms with Crippen LogP contribution in [0.25, 0.3) is 0 Å². The summed E-state index contributed by atoms with van der Waals surface area (Å²) in [5.41, 5.74) is 2.54. The first-order valence-corrected chi connectivity index (χ1v) is 7.34. The van der Waals surface area contributed by atoms with E-state index in [4.69, 9.17) is 0 Å². The minimum absolute atomic E-state index is 0.0177. The van der Waals surface area contributed by atoms with Crippen molar-refractivity contribution in [3.05, 3.63) is 53.6 Å². The molecule has 4 nitrogen and oxygen atoms in total. The van der Waals surface area contributed by atoms with Crippen molar-refractivity contribution in [1.29, 1.82) is 0 Å². The highest BCUT2D eigenvalue weighted by Crippen LogP contribution is 2.32. The summed E-state index contributed by atoms with van der Waals surface area (Å²) < 4.78 is 0. The Hall–Kier alpha value is -2.20. The molecular formula is C18H23NO3. The number of aliphatic hydroxyl groups is 1. The number of hydrogen-bond donors (Lipinski definition) is 3. The largest absolute Gasteiger partial charge is 0.508 e. The third-order valence-electron chi connectivity index (χ3n) is 3.86. The van der Waals surface area contributed by atoms with Crippen molar-refractivity contribution in [2.45, 2.75) is 19.4 Å². The lowest BCUT2D eigenvalue weighted by atomic mass is 9.91. The van der Waals surface area contributed by atoms with Crippen LogP contribution in [0, 0.1) is 5.92 Å². The molecule has 2 unspecified atom stereocenters. The molecule has 2 rings (SSSR count). The fourth-order valence-corrected chi connectivity index (χ4v) is 2.53. The quantitative estimate of drug-likeness (QED) is 0.794. The van der Waals surface area contributed by atoms with Crippen LogP contribution in [0.2, 0.25) is 0 Å². The number of aliphatic hydroxyl groups excluding tert-OH is 1. The van der Waals surface area contributed by atoms with Gasteiger partial charge >= 0.3 is 0 Å². The van der Waals surface area contributed by atoms with Gasteiger partial charge in [0, 0.05) is 14.1 Å². The van der Waals surface area contributed by atoms with E-state index in [-0.39, 0.29) is 17.4 Å². The van der Waals surface area contributed by atoms with Gasteiger partial charge in [-0.05, 0) is 47.7 Å². The van der Waals surface area contributed by atoms with E-state index in [1.54, 1.807) is 24.3 Å². The molecule has 4 heteroatoms. The van der Waals surface area contributed by atoms with Crippen molar-refractivity contribution in [2.75, 3.05) is 19.0 Å². The fourth-order valence-electron chi connectivity index (χ4n) is 2.53. The van der Waals surface area contributed by atoms with Gasteiger partial charge in [0.1, 0.15) is 11.5 Å². The molecule has 22 heavy (non-hydrogen) atoms. The van der Waals surface area contributed by atoms with E-state index >= 15 is 0 Å².